The number of ether oxygens (including phenoxy) is 2. The van der Waals surface area contributed by atoms with E-state index in [9.17, 15) is 0 Å². The Balaban J connectivity index is 0.000000293. The van der Waals surface area contributed by atoms with Gasteiger partial charge in [-0.05, 0) is 32.6 Å². The van der Waals surface area contributed by atoms with E-state index in [0.717, 1.165) is 6.42 Å². The molecule has 0 saturated heterocycles. The average Bonchev–Trinajstić information content (AvgIpc) is 2.25. The molecule has 1 fully saturated rings. The lowest BCUT2D eigenvalue weighted by Crippen LogP contribution is -2.25. The van der Waals surface area contributed by atoms with Crippen LogP contribution in [0.4, 0.5) is 0 Å². The third-order valence-electron chi connectivity index (χ3n) is 2.52. The van der Waals surface area contributed by atoms with Crippen LogP contribution >= 0.6 is 0 Å². The summed E-state index contributed by atoms with van der Waals surface area (Å²) < 4.78 is 10.3. The lowest BCUT2D eigenvalue weighted by molar-refractivity contribution is -0.0439. The van der Waals surface area contributed by atoms with E-state index in [-0.39, 0.29) is 13.2 Å². The summed E-state index contributed by atoms with van der Waals surface area (Å²) in [6.07, 6.45) is 6.21. The Bertz CT molecular complexity index is 130. The first-order valence-corrected chi connectivity index (χ1v) is 6.19. The molecule has 98 valence electrons. The van der Waals surface area contributed by atoms with E-state index < -0.39 is 0 Å². The van der Waals surface area contributed by atoms with Gasteiger partial charge >= 0.3 is 0 Å². The summed E-state index contributed by atoms with van der Waals surface area (Å²) in [4.78, 5) is 0. The largest absolute Gasteiger partial charge is 0.394 e. The number of aliphatic hydroxyl groups excluding tert-OH is 2. The lowest BCUT2D eigenvalue weighted by atomic mass is 9.96. The van der Waals surface area contributed by atoms with Gasteiger partial charge in [-0.2, -0.15) is 0 Å². The highest BCUT2D eigenvalue weighted by Gasteiger charge is 2.19. The zero-order chi connectivity index (χ0) is 12.2. The molecular formula is C12H26O4. The van der Waals surface area contributed by atoms with Crippen LogP contribution in [0.5, 0.6) is 0 Å². The first-order valence-electron chi connectivity index (χ1n) is 6.19. The first-order chi connectivity index (χ1) is 7.74. The van der Waals surface area contributed by atoms with Gasteiger partial charge in [-0.3, -0.25) is 0 Å². The fourth-order valence-corrected chi connectivity index (χ4v) is 1.16. The SMILES string of the molecule is CCC(C)OC1CCC1.OCCOCCO. The van der Waals surface area contributed by atoms with Crippen molar-refractivity contribution >= 4 is 0 Å². The molecule has 0 amide bonds. The smallest absolute Gasteiger partial charge is 0.0698 e. The van der Waals surface area contributed by atoms with Crippen molar-refractivity contribution in [2.75, 3.05) is 26.4 Å². The maximum Gasteiger partial charge on any atom is 0.0698 e. The van der Waals surface area contributed by atoms with Crippen LogP contribution in [0, 0.1) is 0 Å². The predicted octanol–water partition coefficient (Wildman–Crippen LogP) is 1.34. The fraction of sp³-hybridized carbons (Fsp3) is 1.00. The molecule has 1 atom stereocenters. The number of hydrogen-bond acceptors (Lipinski definition) is 4. The molecule has 2 N–H and O–H groups in total. The van der Waals surface area contributed by atoms with Crippen molar-refractivity contribution in [2.24, 2.45) is 0 Å². The second-order valence-electron chi connectivity index (χ2n) is 3.97. The molecule has 0 spiro atoms. The van der Waals surface area contributed by atoms with Crippen molar-refractivity contribution in [3.05, 3.63) is 0 Å². The standard InChI is InChI=1S/C8H16O.C4H10O3/c1-3-7(2)9-8-5-4-6-8;5-1-3-7-4-2-6/h7-8H,3-6H2,1-2H3;5-6H,1-4H2. The Labute approximate surface area is 98.6 Å². The summed E-state index contributed by atoms with van der Waals surface area (Å²) in [5.74, 6) is 0. The zero-order valence-corrected chi connectivity index (χ0v) is 10.5. The molecule has 1 rings (SSSR count). The monoisotopic (exact) mass is 234 g/mol. The highest BCUT2D eigenvalue weighted by atomic mass is 16.5. The van der Waals surface area contributed by atoms with Crippen molar-refractivity contribution in [3.8, 4) is 0 Å². The molecule has 0 heterocycles. The van der Waals surface area contributed by atoms with E-state index in [4.69, 9.17) is 14.9 Å². The zero-order valence-electron chi connectivity index (χ0n) is 10.5. The minimum Gasteiger partial charge on any atom is -0.394 e. The topological polar surface area (TPSA) is 58.9 Å². The summed E-state index contributed by atoms with van der Waals surface area (Å²) in [5.41, 5.74) is 0. The third-order valence-corrected chi connectivity index (χ3v) is 2.52. The van der Waals surface area contributed by atoms with Crippen LogP contribution in [0.1, 0.15) is 39.5 Å². The van der Waals surface area contributed by atoms with Gasteiger partial charge in [0.05, 0.1) is 38.6 Å². The maximum atomic E-state index is 8.09. The van der Waals surface area contributed by atoms with Gasteiger partial charge in [0, 0.05) is 0 Å². The quantitative estimate of drug-likeness (QED) is 0.653. The van der Waals surface area contributed by atoms with Crippen LogP contribution in [-0.4, -0.2) is 48.8 Å². The molecule has 4 heteroatoms. The van der Waals surface area contributed by atoms with E-state index in [1.165, 1.54) is 19.3 Å². The van der Waals surface area contributed by atoms with Gasteiger partial charge in [-0.25, -0.2) is 0 Å². The molecule has 0 aliphatic heterocycles. The van der Waals surface area contributed by atoms with E-state index in [1.807, 2.05) is 0 Å². The van der Waals surface area contributed by atoms with Gasteiger partial charge in [-0.15, -0.1) is 0 Å². The van der Waals surface area contributed by atoms with Gasteiger partial charge in [0.15, 0.2) is 0 Å². The lowest BCUT2D eigenvalue weighted by Gasteiger charge is -2.28. The Morgan fingerprint density at radius 3 is 2.06 bits per heavy atom. The molecular weight excluding hydrogens is 208 g/mol. The van der Waals surface area contributed by atoms with Crippen LogP contribution < -0.4 is 0 Å². The van der Waals surface area contributed by atoms with Crippen LogP contribution in [0.15, 0.2) is 0 Å². The maximum absolute atomic E-state index is 8.09. The summed E-state index contributed by atoms with van der Waals surface area (Å²) in [7, 11) is 0. The van der Waals surface area contributed by atoms with Crippen LogP contribution in [0.2, 0.25) is 0 Å². The fourth-order valence-electron chi connectivity index (χ4n) is 1.16. The molecule has 1 aliphatic rings. The third kappa shape index (κ3) is 9.09. The molecule has 0 bridgehead atoms. The average molecular weight is 234 g/mol. The minimum atomic E-state index is 0.0278. The first kappa shape index (κ1) is 15.8. The molecule has 1 unspecified atom stereocenters. The second-order valence-corrected chi connectivity index (χ2v) is 3.97. The van der Waals surface area contributed by atoms with Gasteiger partial charge < -0.3 is 19.7 Å². The normalized spacial score (nSPS) is 17.2. The van der Waals surface area contributed by atoms with E-state index in [2.05, 4.69) is 18.6 Å². The number of hydrogen-bond donors (Lipinski definition) is 2. The van der Waals surface area contributed by atoms with E-state index >= 15 is 0 Å². The van der Waals surface area contributed by atoms with E-state index in [1.54, 1.807) is 0 Å². The molecule has 0 aromatic rings. The Hall–Kier alpha value is -0.160. The molecule has 4 nitrogen and oxygen atoms in total. The summed E-state index contributed by atoms with van der Waals surface area (Å²) in [6.45, 7) is 5.02. The number of rotatable bonds is 7. The van der Waals surface area contributed by atoms with Gasteiger partial charge in [-0.1, -0.05) is 6.92 Å². The molecule has 0 radical (unpaired) electrons. The Morgan fingerprint density at radius 2 is 1.75 bits per heavy atom. The van der Waals surface area contributed by atoms with Crippen molar-refractivity contribution < 1.29 is 19.7 Å². The van der Waals surface area contributed by atoms with Crippen molar-refractivity contribution in [1.82, 2.24) is 0 Å². The molecule has 1 aliphatic carbocycles. The minimum absolute atomic E-state index is 0.0278. The predicted molar refractivity (Wildman–Crippen MR) is 63.5 cm³/mol. The van der Waals surface area contributed by atoms with Gasteiger partial charge in [0.25, 0.3) is 0 Å². The van der Waals surface area contributed by atoms with Gasteiger partial charge in [0.1, 0.15) is 0 Å². The van der Waals surface area contributed by atoms with Crippen LogP contribution in [-0.2, 0) is 9.47 Å². The summed E-state index contributed by atoms with van der Waals surface area (Å²) >= 11 is 0. The van der Waals surface area contributed by atoms with Crippen molar-refractivity contribution in [1.29, 1.82) is 0 Å². The van der Waals surface area contributed by atoms with Crippen LogP contribution in [0.3, 0.4) is 0 Å². The summed E-state index contributed by atoms with van der Waals surface area (Å²) in [5, 5.41) is 16.2. The Kier molecular flexibility index (Phi) is 11.2. The highest BCUT2D eigenvalue weighted by molar-refractivity contribution is 4.70. The van der Waals surface area contributed by atoms with Gasteiger partial charge in [0.2, 0.25) is 0 Å². The highest BCUT2D eigenvalue weighted by Crippen LogP contribution is 2.23. The second kappa shape index (κ2) is 11.3. The van der Waals surface area contributed by atoms with Crippen LogP contribution in [0.25, 0.3) is 0 Å². The summed E-state index contributed by atoms with van der Waals surface area (Å²) in [6, 6.07) is 0. The van der Waals surface area contributed by atoms with Crippen molar-refractivity contribution in [3.63, 3.8) is 0 Å². The molecule has 0 aromatic heterocycles. The van der Waals surface area contributed by atoms with Crippen molar-refractivity contribution in [2.45, 2.75) is 51.7 Å². The number of aliphatic hydroxyl groups is 2. The Morgan fingerprint density at radius 1 is 1.19 bits per heavy atom. The molecule has 0 aromatic carbocycles. The van der Waals surface area contributed by atoms with E-state index in [0.29, 0.717) is 25.4 Å². The molecule has 1 saturated carbocycles. The molecule has 16 heavy (non-hydrogen) atoms.